The maximum atomic E-state index is 12.1. The van der Waals surface area contributed by atoms with E-state index in [0.29, 0.717) is 25.3 Å². The Hall–Kier alpha value is -1.67. The molecule has 0 saturated carbocycles. The molecule has 0 aliphatic carbocycles. The fourth-order valence-electron chi connectivity index (χ4n) is 2.45. The number of sulfonamides is 1. The molecule has 1 fully saturated rings. The zero-order valence-corrected chi connectivity index (χ0v) is 13.4. The van der Waals surface area contributed by atoms with Crippen LogP contribution in [-0.4, -0.2) is 48.6 Å². The molecule has 1 aliphatic heterocycles. The summed E-state index contributed by atoms with van der Waals surface area (Å²) in [6.07, 6.45) is 3.33. The molecule has 1 amide bonds. The highest BCUT2D eigenvalue weighted by molar-refractivity contribution is 7.89. The topological polar surface area (TPSA) is 103 Å². The summed E-state index contributed by atoms with van der Waals surface area (Å²) < 4.78 is 31.5. The molecule has 0 radical (unpaired) electrons. The number of rotatable bonds is 6. The first-order valence-corrected chi connectivity index (χ1v) is 8.93. The van der Waals surface area contributed by atoms with Crippen molar-refractivity contribution in [1.82, 2.24) is 9.29 Å². The van der Waals surface area contributed by atoms with Gasteiger partial charge in [0.25, 0.3) is 5.91 Å². The van der Waals surface area contributed by atoms with E-state index in [4.69, 9.17) is 10.5 Å². The summed E-state index contributed by atoms with van der Waals surface area (Å²) >= 11 is 0. The summed E-state index contributed by atoms with van der Waals surface area (Å²) in [5.41, 5.74) is 5.31. The lowest BCUT2D eigenvalue weighted by Crippen LogP contribution is -2.45. The predicted octanol–water partition coefficient (Wildman–Crippen LogP) is 0.763. The van der Waals surface area contributed by atoms with Gasteiger partial charge in [-0.25, -0.2) is 8.42 Å². The first-order valence-electron chi connectivity index (χ1n) is 7.32. The molecular weight excluding hydrogens is 306 g/mol. The molecular formula is C14H21N3O4S. The van der Waals surface area contributed by atoms with Gasteiger partial charge in [0.1, 0.15) is 17.5 Å². The molecule has 22 heavy (non-hydrogen) atoms. The third-order valence-corrected chi connectivity index (χ3v) is 5.53. The Balaban J connectivity index is 2.04. The van der Waals surface area contributed by atoms with Crippen LogP contribution in [0.4, 0.5) is 0 Å². The highest BCUT2D eigenvalue weighted by Gasteiger charge is 2.29. The quantitative estimate of drug-likeness (QED) is 0.831. The van der Waals surface area contributed by atoms with Gasteiger partial charge in [-0.1, -0.05) is 6.92 Å². The molecule has 8 heteroatoms. The van der Waals surface area contributed by atoms with Crippen LogP contribution in [0, 0.1) is 0 Å². The smallest absolute Gasteiger partial charge is 0.267 e. The summed E-state index contributed by atoms with van der Waals surface area (Å²) in [6, 6.07) is 3.10. The lowest BCUT2D eigenvalue weighted by atomic mass is 10.1. The summed E-state index contributed by atoms with van der Waals surface area (Å²) in [6.45, 7) is 2.71. The summed E-state index contributed by atoms with van der Waals surface area (Å²) in [7, 11) is -3.21. The van der Waals surface area contributed by atoms with Gasteiger partial charge in [-0.2, -0.15) is 4.31 Å². The summed E-state index contributed by atoms with van der Waals surface area (Å²) in [5, 5.41) is 0. The summed E-state index contributed by atoms with van der Waals surface area (Å²) in [4.78, 5) is 15.0. The van der Waals surface area contributed by atoms with Crippen LogP contribution in [0.25, 0.3) is 0 Å². The maximum Gasteiger partial charge on any atom is 0.267 e. The largest absolute Gasteiger partial charge is 0.489 e. The number of amides is 1. The minimum Gasteiger partial charge on any atom is -0.489 e. The van der Waals surface area contributed by atoms with Gasteiger partial charge in [0.15, 0.2) is 0 Å². The third-order valence-electron chi connectivity index (χ3n) is 3.48. The Morgan fingerprint density at radius 1 is 1.55 bits per heavy atom. The number of carbonyl (C=O) groups is 1. The van der Waals surface area contributed by atoms with Gasteiger partial charge in [-0.3, -0.25) is 9.78 Å². The van der Waals surface area contributed by atoms with Crippen LogP contribution in [-0.2, 0) is 10.0 Å². The van der Waals surface area contributed by atoms with E-state index in [1.54, 1.807) is 6.07 Å². The Labute approximate surface area is 130 Å². The minimum absolute atomic E-state index is 0.128. The lowest BCUT2D eigenvalue weighted by Gasteiger charge is -2.32. The molecule has 1 aliphatic rings. The van der Waals surface area contributed by atoms with E-state index < -0.39 is 15.9 Å². The number of aromatic nitrogens is 1. The molecule has 2 rings (SSSR count). The molecule has 1 unspecified atom stereocenters. The molecule has 1 aromatic heterocycles. The van der Waals surface area contributed by atoms with Gasteiger partial charge in [0, 0.05) is 18.8 Å². The van der Waals surface area contributed by atoms with Crippen molar-refractivity contribution in [3.05, 3.63) is 24.0 Å². The monoisotopic (exact) mass is 327 g/mol. The van der Waals surface area contributed by atoms with E-state index in [0.717, 1.165) is 12.8 Å². The van der Waals surface area contributed by atoms with Crippen LogP contribution in [0.2, 0.25) is 0 Å². The van der Waals surface area contributed by atoms with Crippen LogP contribution in [0.3, 0.4) is 0 Å². The molecule has 0 bridgehead atoms. The Kier molecular flexibility index (Phi) is 5.36. The first-order chi connectivity index (χ1) is 10.4. The van der Waals surface area contributed by atoms with Crippen molar-refractivity contribution in [2.45, 2.75) is 32.3 Å². The van der Waals surface area contributed by atoms with Crippen molar-refractivity contribution in [1.29, 1.82) is 0 Å². The highest BCUT2D eigenvalue weighted by atomic mass is 32.2. The van der Waals surface area contributed by atoms with E-state index in [9.17, 15) is 13.2 Å². The van der Waals surface area contributed by atoms with Crippen molar-refractivity contribution in [2.24, 2.45) is 5.73 Å². The van der Waals surface area contributed by atoms with Crippen LogP contribution in [0.15, 0.2) is 18.3 Å². The number of nitrogens with two attached hydrogens (primary N) is 1. The number of nitrogens with zero attached hydrogens (tertiary/aromatic N) is 2. The van der Waals surface area contributed by atoms with E-state index in [1.807, 2.05) is 6.92 Å². The second-order valence-corrected chi connectivity index (χ2v) is 7.39. The van der Waals surface area contributed by atoms with Crippen molar-refractivity contribution < 1.29 is 17.9 Å². The molecule has 0 spiro atoms. The number of pyridine rings is 1. The molecule has 1 atom stereocenters. The average molecular weight is 327 g/mol. The van der Waals surface area contributed by atoms with Crippen molar-refractivity contribution >= 4 is 15.9 Å². The SMILES string of the molecule is CCCS(=O)(=O)N1CCCC(Oc2ccnc(C(N)=O)c2)C1. The van der Waals surface area contributed by atoms with Gasteiger partial charge < -0.3 is 10.5 Å². The maximum absolute atomic E-state index is 12.1. The molecule has 1 saturated heterocycles. The standard InChI is InChI=1S/C14H21N3O4S/c1-2-8-22(19,20)17-7-3-4-12(10-17)21-11-5-6-16-13(9-11)14(15)18/h5-6,9,12H,2-4,7-8,10H2,1H3,(H2,15,18). The molecule has 2 heterocycles. The number of piperidine rings is 1. The predicted molar refractivity (Wildman–Crippen MR) is 82.1 cm³/mol. The van der Waals surface area contributed by atoms with Crippen molar-refractivity contribution in [3.63, 3.8) is 0 Å². The first kappa shape index (κ1) is 16.7. The number of primary amides is 1. The normalized spacial score (nSPS) is 19.8. The highest BCUT2D eigenvalue weighted by Crippen LogP contribution is 2.21. The van der Waals surface area contributed by atoms with Gasteiger partial charge in [0.2, 0.25) is 10.0 Å². The Bertz CT molecular complexity index is 633. The van der Waals surface area contributed by atoms with Gasteiger partial charge >= 0.3 is 0 Å². The molecule has 2 N–H and O–H groups in total. The zero-order chi connectivity index (χ0) is 16.2. The third kappa shape index (κ3) is 4.17. The molecule has 122 valence electrons. The van der Waals surface area contributed by atoms with Crippen LogP contribution in [0.5, 0.6) is 5.75 Å². The van der Waals surface area contributed by atoms with E-state index in [2.05, 4.69) is 4.98 Å². The number of ether oxygens (including phenoxy) is 1. The van der Waals surface area contributed by atoms with Gasteiger partial charge in [0.05, 0.1) is 12.3 Å². The van der Waals surface area contributed by atoms with Gasteiger partial charge in [-0.15, -0.1) is 0 Å². The second kappa shape index (κ2) is 7.06. The zero-order valence-electron chi connectivity index (χ0n) is 12.6. The van der Waals surface area contributed by atoms with Crippen LogP contribution >= 0.6 is 0 Å². The van der Waals surface area contributed by atoms with Crippen LogP contribution < -0.4 is 10.5 Å². The fraction of sp³-hybridized carbons (Fsp3) is 0.571. The number of hydrogen-bond acceptors (Lipinski definition) is 5. The van der Waals surface area contributed by atoms with Crippen LogP contribution in [0.1, 0.15) is 36.7 Å². The van der Waals surface area contributed by atoms with Gasteiger partial charge in [-0.05, 0) is 25.3 Å². The van der Waals surface area contributed by atoms with Crippen molar-refractivity contribution in [2.75, 3.05) is 18.8 Å². The Morgan fingerprint density at radius 3 is 3.00 bits per heavy atom. The second-order valence-electron chi connectivity index (χ2n) is 5.30. The van der Waals surface area contributed by atoms with E-state index in [-0.39, 0.29) is 17.6 Å². The fourth-order valence-corrected chi connectivity index (χ4v) is 4.03. The number of hydrogen-bond donors (Lipinski definition) is 1. The summed E-state index contributed by atoms with van der Waals surface area (Å²) in [5.74, 6) is 0.00522. The molecule has 1 aromatic rings. The molecule has 0 aromatic carbocycles. The Morgan fingerprint density at radius 2 is 2.32 bits per heavy atom. The van der Waals surface area contributed by atoms with E-state index >= 15 is 0 Å². The number of carbonyl (C=O) groups excluding carboxylic acids is 1. The van der Waals surface area contributed by atoms with Crippen molar-refractivity contribution in [3.8, 4) is 5.75 Å². The molecule has 7 nitrogen and oxygen atoms in total. The average Bonchev–Trinajstić information content (AvgIpc) is 2.48. The lowest BCUT2D eigenvalue weighted by molar-refractivity contribution is 0.0993. The minimum atomic E-state index is -3.21. The van der Waals surface area contributed by atoms with E-state index in [1.165, 1.54) is 16.6 Å².